The first-order valence-electron chi connectivity index (χ1n) is 10.1. The van der Waals surface area contributed by atoms with E-state index in [0.717, 1.165) is 47.8 Å². The number of piperazine rings is 1. The van der Waals surface area contributed by atoms with Crippen LogP contribution >= 0.6 is 0 Å². The summed E-state index contributed by atoms with van der Waals surface area (Å²) in [4.78, 5) is 7.84. The van der Waals surface area contributed by atoms with E-state index in [1.165, 1.54) is 5.69 Å². The molecular formula is C23H23N6O+. The Bertz CT molecular complexity index is 1160. The predicted molar refractivity (Wildman–Crippen MR) is 117 cm³/mol. The van der Waals surface area contributed by atoms with Crippen LogP contribution in [-0.2, 0) is 0 Å². The van der Waals surface area contributed by atoms with Gasteiger partial charge >= 0.3 is 5.52 Å². The van der Waals surface area contributed by atoms with Gasteiger partial charge in [0, 0.05) is 43.6 Å². The standard InChI is InChI=1S/C23H23N6O/c30-29-22-11-6-18(17-4-2-1-3-5-17)16-21(22)26-23(27-29)25-19-7-9-20(10-8-19)28-14-12-24-13-15-28/h1-11,16,24H,12-15H2,(H2,25,26,27,30)/q+1. The van der Waals surface area contributed by atoms with Crippen LogP contribution in [-0.4, -0.2) is 41.5 Å². The molecule has 0 saturated carbocycles. The van der Waals surface area contributed by atoms with E-state index in [4.69, 9.17) is 0 Å². The summed E-state index contributed by atoms with van der Waals surface area (Å²) in [5, 5.41) is 21.0. The minimum Gasteiger partial charge on any atom is -0.369 e. The van der Waals surface area contributed by atoms with Gasteiger partial charge in [0.25, 0.3) is 5.95 Å². The predicted octanol–water partition coefficient (Wildman–Crippen LogP) is 2.97. The van der Waals surface area contributed by atoms with Crippen molar-refractivity contribution in [3.8, 4) is 11.1 Å². The molecule has 7 nitrogen and oxygen atoms in total. The van der Waals surface area contributed by atoms with Crippen molar-refractivity contribution in [2.75, 3.05) is 36.4 Å². The van der Waals surface area contributed by atoms with Crippen LogP contribution in [0.2, 0.25) is 0 Å². The zero-order valence-corrected chi connectivity index (χ0v) is 16.5. The Morgan fingerprint density at radius 2 is 1.67 bits per heavy atom. The van der Waals surface area contributed by atoms with Gasteiger partial charge in [0.05, 0.1) is 5.10 Å². The van der Waals surface area contributed by atoms with Crippen LogP contribution in [0.1, 0.15) is 0 Å². The molecule has 3 N–H and O–H groups in total. The van der Waals surface area contributed by atoms with Crippen molar-refractivity contribution in [3.05, 3.63) is 72.8 Å². The van der Waals surface area contributed by atoms with Crippen LogP contribution in [0, 0.1) is 0 Å². The van der Waals surface area contributed by atoms with Gasteiger partial charge in [-0.25, -0.2) is 4.98 Å². The highest BCUT2D eigenvalue weighted by atomic mass is 16.5. The Hall–Kier alpha value is -3.71. The summed E-state index contributed by atoms with van der Waals surface area (Å²) in [6.45, 7) is 4.03. The van der Waals surface area contributed by atoms with Gasteiger partial charge in [-0.2, -0.15) is 0 Å². The zero-order chi connectivity index (χ0) is 20.3. The molecular weight excluding hydrogens is 376 g/mol. The fourth-order valence-electron chi connectivity index (χ4n) is 3.73. The van der Waals surface area contributed by atoms with Gasteiger partial charge in [-0.3, -0.25) is 5.21 Å². The van der Waals surface area contributed by atoms with Crippen LogP contribution in [0.25, 0.3) is 22.2 Å². The normalized spacial score (nSPS) is 14.1. The maximum absolute atomic E-state index is 10.3. The Morgan fingerprint density at radius 3 is 2.43 bits per heavy atom. The van der Waals surface area contributed by atoms with Crippen molar-refractivity contribution >= 4 is 28.4 Å². The molecule has 0 radical (unpaired) electrons. The molecule has 0 spiro atoms. The average molecular weight is 399 g/mol. The topological polar surface area (TPSA) is 77.2 Å². The van der Waals surface area contributed by atoms with Crippen LogP contribution in [0.15, 0.2) is 72.8 Å². The molecule has 7 heteroatoms. The smallest absolute Gasteiger partial charge is 0.315 e. The first kappa shape index (κ1) is 18.3. The fraction of sp³-hybridized carbons (Fsp3) is 0.174. The van der Waals surface area contributed by atoms with Gasteiger partial charge in [0.1, 0.15) is 10.4 Å². The lowest BCUT2D eigenvalue weighted by molar-refractivity contribution is -0.928. The highest BCUT2D eigenvalue weighted by Crippen LogP contribution is 2.23. The molecule has 0 bridgehead atoms. The van der Waals surface area contributed by atoms with Gasteiger partial charge in [-0.1, -0.05) is 30.3 Å². The van der Waals surface area contributed by atoms with Gasteiger partial charge in [-0.05, 0) is 47.5 Å². The maximum Gasteiger partial charge on any atom is 0.315 e. The highest BCUT2D eigenvalue weighted by Gasteiger charge is 2.16. The van der Waals surface area contributed by atoms with Crippen LogP contribution in [0.5, 0.6) is 0 Å². The monoisotopic (exact) mass is 399 g/mol. The molecule has 4 aromatic rings. The highest BCUT2D eigenvalue weighted by molar-refractivity contribution is 5.80. The van der Waals surface area contributed by atoms with Gasteiger partial charge in [0.15, 0.2) is 0 Å². The van der Waals surface area contributed by atoms with E-state index in [1.807, 2.05) is 48.5 Å². The van der Waals surface area contributed by atoms with E-state index in [2.05, 4.69) is 49.9 Å². The fourth-order valence-corrected chi connectivity index (χ4v) is 3.73. The zero-order valence-electron chi connectivity index (χ0n) is 16.5. The van der Waals surface area contributed by atoms with Gasteiger partial charge in [-0.15, -0.1) is 0 Å². The molecule has 1 aromatic heterocycles. The summed E-state index contributed by atoms with van der Waals surface area (Å²) in [7, 11) is 0. The Morgan fingerprint density at radius 1 is 0.900 bits per heavy atom. The second-order valence-electron chi connectivity index (χ2n) is 7.30. The van der Waals surface area contributed by atoms with Crippen LogP contribution < -0.4 is 20.4 Å². The molecule has 2 heterocycles. The second kappa shape index (κ2) is 7.96. The number of benzene rings is 3. The van der Waals surface area contributed by atoms with Crippen LogP contribution in [0.4, 0.5) is 17.3 Å². The van der Waals surface area contributed by atoms with Crippen molar-refractivity contribution in [2.24, 2.45) is 0 Å². The first-order chi connectivity index (χ1) is 14.8. The van der Waals surface area contributed by atoms with E-state index < -0.39 is 0 Å². The number of nitrogens with one attached hydrogen (secondary N) is 2. The molecule has 0 atom stereocenters. The lowest BCUT2D eigenvalue weighted by Crippen LogP contribution is -2.43. The lowest BCUT2D eigenvalue weighted by atomic mass is 10.1. The van der Waals surface area contributed by atoms with Crippen molar-refractivity contribution in [1.82, 2.24) is 15.4 Å². The number of nitrogens with zero attached hydrogens (tertiary/aromatic N) is 4. The molecule has 1 saturated heterocycles. The third-order valence-electron chi connectivity index (χ3n) is 5.32. The summed E-state index contributed by atoms with van der Waals surface area (Å²) in [6.07, 6.45) is 0. The summed E-state index contributed by atoms with van der Waals surface area (Å²) >= 11 is 0. The Labute approximate surface area is 174 Å². The average Bonchev–Trinajstić information content (AvgIpc) is 2.80. The molecule has 0 aliphatic carbocycles. The molecule has 1 fully saturated rings. The quantitative estimate of drug-likeness (QED) is 0.362. The maximum atomic E-state index is 10.3. The minimum absolute atomic E-state index is 0.338. The SMILES string of the molecule is O[n+]1nc(Nc2ccc(N3CCNCC3)cc2)nc2cc(-c3ccccc3)ccc21. The molecule has 1 aliphatic rings. The second-order valence-corrected chi connectivity index (χ2v) is 7.30. The number of hydrogen-bond acceptors (Lipinski definition) is 6. The van der Waals surface area contributed by atoms with Gasteiger partial charge < -0.3 is 15.5 Å². The van der Waals surface area contributed by atoms with E-state index >= 15 is 0 Å². The summed E-state index contributed by atoms with van der Waals surface area (Å²) in [6, 6.07) is 24.0. The molecule has 3 aromatic carbocycles. The van der Waals surface area contributed by atoms with E-state index in [1.54, 1.807) is 0 Å². The van der Waals surface area contributed by atoms with E-state index in [-0.39, 0.29) is 0 Å². The lowest BCUT2D eigenvalue weighted by Gasteiger charge is -2.29. The number of fused-ring (bicyclic) bond motifs is 1. The van der Waals surface area contributed by atoms with Crippen molar-refractivity contribution in [3.63, 3.8) is 0 Å². The van der Waals surface area contributed by atoms with Crippen LogP contribution in [0.3, 0.4) is 0 Å². The van der Waals surface area contributed by atoms with Crippen molar-refractivity contribution in [2.45, 2.75) is 0 Å². The Kier molecular flexibility index (Phi) is 4.86. The molecule has 0 unspecified atom stereocenters. The molecule has 0 amide bonds. The molecule has 5 rings (SSSR count). The Balaban J connectivity index is 1.41. The number of rotatable bonds is 4. The van der Waals surface area contributed by atoms with Crippen molar-refractivity contribution < 1.29 is 10.1 Å². The van der Waals surface area contributed by atoms with Gasteiger partial charge in [0.2, 0.25) is 0 Å². The molecule has 30 heavy (non-hydrogen) atoms. The number of hydrogen-bond donors (Lipinski definition) is 3. The number of aromatic nitrogens is 3. The molecule has 1 aliphatic heterocycles. The largest absolute Gasteiger partial charge is 0.369 e. The summed E-state index contributed by atoms with van der Waals surface area (Å²) < 4.78 is 0. The minimum atomic E-state index is 0.338. The third kappa shape index (κ3) is 3.75. The molecule has 150 valence electrons. The summed E-state index contributed by atoms with van der Waals surface area (Å²) in [5.74, 6) is 0.338. The van der Waals surface area contributed by atoms with E-state index in [0.29, 0.717) is 17.0 Å². The van der Waals surface area contributed by atoms with Crippen molar-refractivity contribution in [1.29, 1.82) is 0 Å². The number of anilines is 3. The summed E-state index contributed by atoms with van der Waals surface area (Å²) in [5.41, 5.74) is 5.41. The van der Waals surface area contributed by atoms with E-state index in [9.17, 15) is 5.21 Å². The first-order valence-corrected chi connectivity index (χ1v) is 10.1. The third-order valence-corrected chi connectivity index (χ3v) is 5.32.